The number of nitrogens with zero attached hydrogens (tertiary/aromatic N) is 2. The molecule has 1 aliphatic rings. The number of aromatic nitrogens is 1. The van der Waals surface area contributed by atoms with E-state index in [0.29, 0.717) is 6.04 Å². The van der Waals surface area contributed by atoms with Crippen LogP contribution < -0.4 is 5.32 Å². The summed E-state index contributed by atoms with van der Waals surface area (Å²) in [6, 6.07) is 9.23. The molecule has 0 spiro atoms. The lowest BCUT2D eigenvalue weighted by molar-refractivity contribution is 0.167. The van der Waals surface area contributed by atoms with E-state index in [-0.39, 0.29) is 24.8 Å². The summed E-state index contributed by atoms with van der Waals surface area (Å²) < 4.78 is 2.26. The smallest absolute Gasteiger partial charge is 0.0481 e. The van der Waals surface area contributed by atoms with Crippen molar-refractivity contribution < 1.29 is 0 Å². The average Bonchev–Trinajstić information content (AvgIpc) is 2.87. The van der Waals surface area contributed by atoms with Crippen LogP contribution in [0.3, 0.4) is 0 Å². The Morgan fingerprint density at radius 3 is 2.61 bits per heavy atom. The van der Waals surface area contributed by atoms with Crippen molar-refractivity contribution in [3.05, 3.63) is 48.7 Å². The topological polar surface area (TPSA) is 20.2 Å². The lowest BCUT2D eigenvalue weighted by Gasteiger charge is -2.35. The molecule has 0 bridgehead atoms. The van der Waals surface area contributed by atoms with Crippen LogP contribution in [0.5, 0.6) is 0 Å². The summed E-state index contributed by atoms with van der Waals surface area (Å²) >= 11 is 0. The maximum Gasteiger partial charge on any atom is 0.0481 e. The molecule has 0 aliphatic carbocycles. The zero-order valence-electron chi connectivity index (χ0n) is 13.7. The van der Waals surface area contributed by atoms with Gasteiger partial charge < -0.3 is 9.88 Å². The number of allylic oxidation sites excluding steroid dienone is 1. The van der Waals surface area contributed by atoms with Crippen LogP contribution in [0.25, 0.3) is 10.9 Å². The van der Waals surface area contributed by atoms with Crippen LogP contribution in [0, 0.1) is 0 Å². The standard InChI is InChI=1S/C18H25N3.2ClH/c1-3-4-8-18(21-12-10-19-11-13-21)16-14-20(2)17-9-6-5-7-15(16)17;;/h3,5-7,9,14,18-19H,1,4,8,10-13H2,2H3;2*1H/t18-;;/m0../s1. The van der Waals surface area contributed by atoms with Crippen molar-refractivity contribution in [3.63, 3.8) is 0 Å². The van der Waals surface area contributed by atoms with Gasteiger partial charge in [0.05, 0.1) is 0 Å². The van der Waals surface area contributed by atoms with Gasteiger partial charge in [-0.05, 0) is 24.5 Å². The van der Waals surface area contributed by atoms with Crippen LogP contribution in [0.2, 0.25) is 0 Å². The zero-order chi connectivity index (χ0) is 14.7. The molecule has 1 fully saturated rings. The first-order valence-corrected chi connectivity index (χ1v) is 7.91. The number of para-hydroxylation sites is 1. The third-order valence-corrected chi connectivity index (χ3v) is 4.52. The highest BCUT2D eigenvalue weighted by molar-refractivity contribution is 5.86. The molecule has 1 aliphatic heterocycles. The lowest BCUT2D eigenvalue weighted by atomic mass is 9.99. The molecule has 0 unspecified atom stereocenters. The summed E-state index contributed by atoms with van der Waals surface area (Å²) in [5, 5.41) is 4.85. The van der Waals surface area contributed by atoms with Crippen LogP contribution in [0.15, 0.2) is 43.1 Å². The maximum atomic E-state index is 3.90. The fourth-order valence-corrected chi connectivity index (χ4v) is 3.44. The molecule has 1 atom stereocenters. The number of halogens is 2. The van der Waals surface area contributed by atoms with E-state index < -0.39 is 0 Å². The van der Waals surface area contributed by atoms with Crippen molar-refractivity contribution in [1.82, 2.24) is 14.8 Å². The first-order chi connectivity index (χ1) is 10.3. The molecule has 2 heterocycles. The van der Waals surface area contributed by atoms with Gasteiger partial charge in [0, 0.05) is 56.4 Å². The minimum atomic E-state index is 0. The highest BCUT2D eigenvalue weighted by atomic mass is 35.5. The summed E-state index contributed by atoms with van der Waals surface area (Å²) in [5.74, 6) is 0. The molecule has 3 rings (SSSR count). The molecule has 1 N–H and O–H groups in total. The highest BCUT2D eigenvalue weighted by Gasteiger charge is 2.24. The van der Waals surface area contributed by atoms with Gasteiger partial charge in [0.15, 0.2) is 0 Å². The predicted molar refractivity (Wildman–Crippen MR) is 104 cm³/mol. The van der Waals surface area contributed by atoms with Gasteiger partial charge in [0.25, 0.3) is 0 Å². The van der Waals surface area contributed by atoms with E-state index in [9.17, 15) is 0 Å². The molecular weight excluding hydrogens is 329 g/mol. The normalized spacial score (nSPS) is 16.4. The second-order valence-electron chi connectivity index (χ2n) is 5.88. The van der Waals surface area contributed by atoms with E-state index in [2.05, 4.69) is 58.9 Å². The Morgan fingerprint density at radius 1 is 1.22 bits per heavy atom. The molecule has 1 aromatic carbocycles. The van der Waals surface area contributed by atoms with E-state index in [1.807, 2.05) is 6.08 Å². The van der Waals surface area contributed by atoms with Crippen LogP contribution in [-0.4, -0.2) is 35.6 Å². The molecule has 2 aromatic rings. The van der Waals surface area contributed by atoms with E-state index in [1.165, 1.54) is 16.5 Å². The highest BCUT2D eigenvalue weighted by Crippen LogP contribution is 2.33. The van der Waals surface area contributed by atoms with Crippen molar-refractivity contribution >= 4 is 35.7 Å². The number of aryl methyl sites for hydroxylation is 1. The van der Waals surface area contributed by atoms with E-state index >= 15 is 0 Å². The quantitative estimate of drug-likeness (QED) is 0.819. The van der Waals surface area contributed by atoms with E-state index in [0.717, 1.165) is 39.0 Å². The Kier molecular flexibility index (Phi) is 8.13. The van der Waals surface area contributed by atoms with Gasteiger partial charge >= 0.3 is 0 Å². The first kappa shape index (κ1) is 20.0. The Balaban J connectivity index is 0.00000132. The third-order valence-electron chi connectivity index (χ3n) is 4.52. The summed E-state index contributed by atoms with van der Waals surface area (Å²) in [5.41, 5.74) is 2.79. The fraction of sp³-hybridized carbons (Fsp3) is 0.444. The summed E-state index contributed by atoms with van der Waals surface area (Å²) in [6.07, 6.45) is 6.58. The molecule has 0 saturated carbocycles. The maximum absolute atomic E-state index is 3.90. The second-order valence-corrected chi connectivity index (χ2v) is 5.88. The number of rotatable bonds is 5. The molecule has 23 heavy (non-hydrogen) atoms. The van der Waals surface area contributed by atoms with Crippen molar-refractivity contribution in [2.45, 2.75) is 18.9 Å². The van der Waals surface area contributed by atoms with Gasteiger partial charge in [0.2, 0.25) is 0 Å². The molecule has 0 radical (unpaired) electrons. The van der Waals surface area contributed by atoms with E-state index in [1.54, 1.807) is 0 Å². The Hall–Kier alpha value is -1.000. The second kappa shape index (κ2) is 9.33. The summed E-state index contributed by atoms with van der Waals surface area (Å²) in [6.45, 7) is 8.35. The SMILES string of the molecule is C=CCC[C@@H](c1cn(C)c2ccccc12)N1CCNCC1.Cl.Cl. The number of hydrogen-bond donors (Lipinski definition) is 1. The van der Waals surface area contributed by atoms with Crippen molar-refractivity contribution in [3.8, 4) is 0 Å². The Labute approximate surface area is 151 Å². The fourth-order valence-electron chi connectivity index (χ4n) is 3.44. The first-order valence-electron chi connectivity index (χ1n) is 7.91. The van der Waals surface area contributed by atoms with E-state index in [4.69, 9.17) is 0 Å². The van der Waals surface area contributed by atoms with Crippen molar-refractivity contribution in [2.75, 3.05) is 26.2 Å². The monoisotopic (exact) mass is 355 g/mol. The molecule has 3 nitrogen and oxygen atoms in total. The molecule has 0 amide bonds. The van der Waals surface area contributed by atoms with Gasteiger partial charge in [-0.1, -0.05) is 24.3 Å². The minimum absolute atomic E-state index is 0. The number of hydrogen-bond acceptors (Lipinski definition) is 2. The Bertz CT molecular complexity index is 618. The van der Waals surface area contributed by atoms with Crippen LogP contribution >= 0.6 is 24.8 Å². The van der Waals surface area contributed by atoms with Gasteiger partial charge in [-0.15, -0.1) is 31.4 Å². The van der Waals surface area contributed by atoms with Crippen LogP contribution in [-0.2, 0) is 7.05 Å². The molecule has 128 valence electrons. The number of benzene rings is 1. The molecule has 1 saturated heterocycles. The van der Waals surface area contributed by atoms with Crippen LogP contribution in [0.4, 0.5) is 0 Å². The lowest BCUT2D eigenvalue weighted by Crippen LogP contribution is -2.45. The largest absolute Gasteiger partial charge is 0.350 e. The van der Waals surface area contributed by atoms with Crippen molar-refractivity contribution in [2.24, 2.45) is 7.05 Å². The summed E-state index contributed by atoms with van der Waals surface area (Å²) in [4.78, 5) is 2.63. The Morgan fingerprint density at radius 2 is 1.91 bits per heavy atom. The van der Waals surface area contributed by atoms with Crippen molar-refractivity contribution in [1.29, 1.82) is 0 Å². The van der Waals surface area contributed by atoms with Gasteiger partial charge in [-0.3, -0.25) is 4.90 Å². The number of nitrogens with one attached hydrogen (secondary N) is 1. The summed E-state index contributed by atoms with van der Waals surface area (Å²) in [7, 11) is 2.15. The predicted octanol–water partition coefficient (Wildman–Crippen LogP) is 3.93. The minimum Gasteiger partial charge on any atom is -0.350 e. The zero-order valence-corrected chi connectivity index (χ0v) is 15.3. The third kappa shape index (κ3) is 4.30. The molecular formula is C18H27Cl2N3. The van der Waals surface area contributed by atoms with Gasteiger partial charge in [-0.2, -0.15) is 0 Å². The van der Waals surface area contributed by atoms with Gasteiger partial charge in [0.1, 0.15) is 0 Å². The molecule has 1 aromatic heterocycles. The average molecular weight is 356 g/mol. The van der Waals surface area contributed by atoms with Crippen LogP contribution in [0.1, 0.15) is 24.4 Å². The molecule has 5 heteroatoms. The number of fused-ring (bicyclic) bond motifs is 1. The van der Waals surface area contributed by atoms with Gasteiger partial charge in [-0.25, -0.2) is 0 Å². The number of piperazine rings is 1.